The molecule has 0 spiro atoms. The zero-order valence-corrected chi connectivity index (χ0v) is 17.2. The smallest absolute Gasteiger partial charge is 0.232 e. The van der Waals surface area contributed by atoms with Crippen molar-refractivity contribution in [3.05, 3.63) is 51.2 Å². The highest BCUT2D eigenvalue weighted by molar-refractivity contribution is 7.19. The fourth-order valence-corrected chi connectivity index (χ4v) is 5.00. The van der Waals surface area contributed by atoms with Crippen molar-refractivity contribution in [1.29, 1.82) is 0 Å². The zero-order valence-electron chi connectivity index (χ0n) is 15.7. The lowest BCUT2D eigenvalue weighted by molar-refractivity contribution is -0.139. The first-order valence-corrected chi connectivity index (χ1v) is 10.1. The predicted octanol–water partition coefficient (Wildman–Crippen LogP) is 5.27. The van der Waals surface area contributed by atoms with Gasteiger partial charge in [0.1, 0.15) is 5.52 Å². The minimum Gasteiger partial charge on any atom is -0.277 e. The summed E-state index contributed by atoms with van der Waals surface area (Å²) in [4.78, 5) is 30.0. The normalized spacial score (nSPS) is 17.2. The molecule has 1 unspecified atom stereocenters. The minimum atomic E-state index is -0.474. The number of halogens is 2. The number of aromatic nitrogens is 1. The zero-order chi connectivity index (χ0) is 20.2. The van der Waals surface area contributed by atoms with E-state index in [0.29, 0.717) is 14.6 Å². The third-order valence-corrected chi connectivity index (χ3v) is 6.67. The second-order valence-electron chi connectivity index (χ2n) is 7.19. The Kier molecular flexibility index (Phi) is 4.71. The Morgan fingerprint density at radius 2 is 2.04 bits per heavy atom. The number of hydrogen-bond acceptors (Lipinski definition) is 4. The van der Waals surface area contributed by atoms with Gasteiger partial charge in [-0.05, 0) is 48.7 Å². The Hall–Kier alpha value is -2.31. The molecule has 1 aliphatic heterocycles. The van der Waals surface area contributed by atoms with Crippen molar-refractivity contribution >= 4 is 45.0 Å². The Balaban J connectivity index is 1.84. The molecule has 2 amide bonds. The summed E-state index contributed by atoms with van der Waals surface area (Å²) in [5, 5.41) is 0.613. The van der Waals surface area contributed by atoms with E-state index >= 15 is 4.39 Å². The molecule has 28 heavy (non-hydrogen) atoms. The van der Waals surface area contributed by atoms with Gasteiger partial charge < -0.3 is 0 Å². The highest BCUT2D eigenvalue weighted by Crippen LogP contribution is 2.39. The van der Waals surface area contributed by atoms with Gasteiger partial charge in [-0.3, -0.25) is 19.5 Å². The van der Waals surface area contributed by atoms with E-state index in [1.807, 2.05) is 32.0 Å². The lowest BCUT2D eigenvalue weighted by Gasteiger charge is -2.12. The Bertz CT molecular complexity index is 1140. The monoisotopic (exact) mass is 416 g/mol. The van der Waals surface area contributed by atoms with Crippen molar-refractivity contribution in [3.8, 4) is 11.1 Å². The number of amides is 2. The summed E-state index contributed by atoms with van der Waals surface area (Å²) in [6.07, 6.45) is 1.75. The van der Waals surface area contributed by atoms with Crippen molar-refractivity contribution in [2.24, 2.45) is 5.92 Å². The molecule has 0 radical (unpaired) electrons. The summed E-state index contributed by atoms with van der Waals surface area (Å²) in [6, 6.07) is 5.60. The summed E-state index contributed by atoms with van der Waals surface area (Å²) >= 11 is 7.48. The molecule has 7 heteroatoms. The molecule has 1 atom stereocenters. The fraction of sp³-hybridized carbons (Fsp3) is 0.286. The van der Waals surface area contributed by atoms with Crippen LogP contribution in [0.2, 0.25) is 5.02 Å². The number of benzene rings is 1. The largest absolute Gasteiger partial charge is 0.277 e. The average Bonchev–Trinajstić information content (AvgIpc) is 3.09. The van der Waals surface area contributed by atoms with Gasteiger partial charge in [0, 0.05) is 29.1 Å². The van der Waals surface area contributed by atoms with Crippen molar-refractivity contribution in [3.63, 3.8) is 0 Å². The summed E-state index contributed by atoms with van der Waals surface area (Å²) in [6.45, 7) is 5.64. The first-order valence-electron chi connectivity index (χ1n) is 8.95. The number of carbonyl (C=O) groups is 2. The van der Waals surface area contributed by atoms with Crippen LogP contribution in [0.5, 0.6) is 0 Å². The Morgan fingerprint density at radius 1 is 1.29 bits per heavy atom. The molecule has 4 nitrogen and oxygen atoms in total. The summed E-state index contributed by atoms with van der Waals surface area (Å²) in [7, 11) is 0. The second kappa shape index (κ2) is 6.94. The van der Waals surface area contributed by atoms with Gasteiger partial charge in [0.25, 0.3) is 0 Å². The van der Waals surface area contributed by atoms with Crippen LogP contribution >= 0.6 is 22.9 Å². The van der Waals surface area contributed by atoms with E-state index < -0.39 is 5.82 Å². The first kappa shape index (κ1) is 19.0. The second-order valence-corrected chi connectivity index (χ2v) is 8.74. The van der Waals surface area contributed by atoms with Crippen molar-refractivity contribution < 1.29 is 14.0 Å². The van der Waals surface area contributed by atoms with Gasteiger partial charge in [0.05, 0.1) is 16.1 Å². The molecule has 0 N–H and O–H groups in total. The van der Waals surface area contributed by atoms with Gasteiger partial charge in [-0.2, -0.15) is 0 Å². The number of carbonyl (C=O) groups excluding carboxylic acids is 2. The minimum absolute atomic E-state index is 0.0537. The molecule has 0 saturated carbocycles. The van der Waals surface area contributed by atoms with E-state index in [9.17, 15) is 9.59 Å². The van der Waals surface area contributed by atoms with Gasteiger partial charge >= 0.3 is 0 Å². The van der Waals surface area contributed by atoms with E-state index in [1.54, 1.807) is 13.1 Å². The molecule has 2 aromatic heterocycles. The van der Waals surface area contributed by atoms with Crippen molar-refractivity contribution in [1.82, 2.24) is 9.88 Å². The highest BCUT2D eigenvalue weighted by atomic mass is 35.5. The number of aryl methyl sites for hydroxylation is 1. The summed E-state index contributed by atoms with van der Waals surface area (Å²) in [5.41, 5.74) is 4.13. The lowest BCUT2D eigenvalue weighted by Crippen LogP contribution is -2.29. The molecular weight excluding hydrogens is 399 g/mol. The molecule has 1 aliphatic rings. The van der Waals surface area contributed by atoms with Crippen LogP contribution in [0.3, 0.4) is 0 Å². The van der Waals surface area contributed by atoms with Crippen LogP contribution < -0.4 is 0 Å². The maximum Gasteiger partial charge on any atom is 0.232 e. The lowest BCUT2D eigenvalue weighted by atomic mass is 9.97. The number of likely N-dealkylation sites (tertiary alicyclic amines) is 1. The molecule has 144 valence electrons. The molecule has 3 aromatic rings. The predicted molar refractivity (Wildman–Crippen MR) is 109 cm³/mol. The van der Waals surface area contributed by atoms with Gasteiger partial charge in [0.15, 0.2) is 5.82 Å². The van der Waals surface area contributed by atoms with Crippen molar-refractivity contribution in [2.75, 3.05) is 0 Å². The Morgan fingerprint density at radius 3 is 2.71 bits per heavy atom. The van der Waals surface area contributed by atoms with E-state index in [-0.39, 0.29) is 36.2 Å². The highest BCUT2D eigenvalue weighted by Gasteiger charge is 2.36. The molecule has 3 heterocycles. The number of fused-ring (bicyclic) bond motifs is 1. The van der Waals surface area contributed by atoms with E-state index in [4.69, 9.17) is 11.6 Å². The van der Waals surface area contributed by atoms with Crippen LogP contribution in [0.15, 0.2) is 24.4 Å². The topological polar surface area (TPSA) is 50.3 Å². The van der Waals surface area contributed by atoms with Crippen LogP contribution in [-0.2, 0) is 16.1 Å². The van der Waals surface area contributed by atoms with Gasteiger partial charge in [-0.15, -0.1) is 11.3 Å². The fourth-order valence-electron chi connectivity index (χ4n) is 3.57. The maximum absolute atomic E-state index is 15.1. The maximum atomic E-state index is 15.1. The summed E-state index contributed by atoms with van der Waals surface area (Å²) < 4.78 is 15.7. The molecular formula is C21H18ClFN2O2S. The Labute approximate surface area is 170 Å². The number of thiophene rings is 1. The van der Waals surface area contributed by atoms with Crippen LogP contribution in [0.1, 0.15) is 29.3 Å². The summed E-state index contributed by atoms with van der Waals surface area (Å²) in [5.74, 6) is -1.34. The number of imide groups is 1. The SMILES string of the molecule is Cc1cc(Cl)cc(-c2ccnc3c(F)c(CN4C(=O)CC(C)C4=O)sc23)c1C. The molecule has 1 saturated heterocycles. The third kappa shape index (κ3) is 3.01. The molecule has 1 aromatic carbocycles. The van der Waals surface area contributed by atoms with Crippen LogP contribution in [0, 0.1) is 25.6 Å². The molecule has 0 aliphatic carbocycles. The van der Waals surface area contributed by atoms with Crippen LogP contribution in [0.4, 0.5) is 4.39 Å². The number of hydrogen-bond donors (Lipinski definition) is 0. The number of pyridine rings is 1. The van der Waals surface area contributed by atoms with Gasteiger partial charge in [0.2, 0.25) is 11.8 Å². The van der Waals surface area contributed by atoms with E-state index in [0.717, 1.165) is 27.2 Å². The van der Waals surface area contributed by atoms with Crippen LogP contribution in [0.25, 0.3) is 21.3 Å². The number of rotatable bonds is 3. The van der Waals surface area contributed by atoms with Gasteiger partial charge in [-0.1, -0.05) is 18.5 Å². The third-order valence-electron chi connectivity index (χ3n) is 5.28. The molecule has 1 fully saturated rings. The molecule has 4 rings (SSSR count). The average molecular weight is 417 g/mol. The molecule has 0 bridgehead atoms. The number of nitrogens with zero attached hydrogens (tertiary/aromatic N) is 2. The van der Waals surface area contributed by atoms with Gasteiger partial charge in [-0.25, -0.2) is 4.39 Å². The van der Waals surface area contributed by atoms with Crippen LogP contribution in [-0.4, -0.2) is 21.7 Å². The van der Waals surface area contributed by atoms with E-state index in [2.05, 4.69) is 4.98 Å². The quantitative estimate of drug-likeness (QED) is 0.546. The standard InChI is InChI=1S/C21H18ClFN2O2S/c1-10-6-13(22)8-15(12(10)3)14-4-5-24-19-18(23)16(28-20(14)19)9-25-17(26)7-11(2)21(25)27/h4-6,8,11H,7,9H2,1-3H3. The van der Waals surface area contributed by atoms with Crippen molar-refractivity contribution in [2.45, 2.75) is 33.7 Å². The van der Waals surface area contributed by atoms with E-state index in [1.165, 1.54) is 11.3 Å². The first-order chi connectivity index (χ1) is 13.3.